The quantitative estimate of drug-likeness (QED) is 0.483. The number of nitrogens with zero attached hydrogens (tertiary/aromatic N) is 3. The second-order valence-electron chi connectivity index (χ2n) is 6.29. The van der Waals surface area contributed by atoms with Gasteiger partial charge in [-0.25, -0.2) is 4.98 Å². The lowest BCUT2D eigenvalue weighted by Gasteiger charge is -2.16. The van der Waals surface area contributed by atoms with Gasteiger partial charge >= 0.3 is 0 Å². The molecule has 0 aliphatic rings. The number of hydrogen-bond donors (Lipinski definition) is 2. The molecule has 8 nitrogen and oxygen atoms in total. The van der Waals surface area contributed by atoms with Crippen LogP contribution in [-0.4, -0.2) is 35.9 Å². The zero-order valence-corrected chi connectivity index (χ0v) is 16.3. The summed E-state index contributed by atoms with van der Waals surface area (Å²) in [5, 5.41) is 7.74. The Hall–Kier alpha value is -3.94. The Morgan fingerprint density at radius 1 is 0.931 bits per heavy atom. The molecule has 0 saturated heterocycles. The lowest BCUT2D eigenvalue weighted by atomic mass is 10.1. The largest absolute Gasteiger partial charge is 0.493 e. The minimum absolute atomic E-state index is 0.528. The van der Waals surface area contributed by atoms with Gasteiger partial charge in [-0.2, -0.15) is 9.61 Å². The summed E-state index contributed by atoms with van der Waals surface area (Å²) in [7, 11) is 4.73. The smallest absolute Gasteiger partial charge is 0.203 e. The van der Waals surface area contributed by atoms with Crippen LogP contribution in [0.4, 0.5) is 17.2 Å². The Kier molecular flexibility index (Phi) is 4.82. The van der Waals surface area contributed by atoms with E-state index in [1.165, 1.54) is 0 Å². The molecule has 3 N–H and O–H groups in total. The van der Waals surface area contributed by atoms with Gasteiger partial charge in [-0.3, -0.25) is 0 Å². The number of methoxy groups -OCH3 is 3. The van der Waals surface area contributed by atoms with Crippen molar-refractivity contribution in [2.24, 2.45) is 0 Å². The maximum Gasteiger partial charge on any atom is 0.203 e. The molecule has 2 aromatic carbocycles. The molecular formula is C21H21N5O3. The van der Waals surface area contributed by atoms with E-state index in [4.69, 9.17) is 19.9 Å². The number of nitrogen functional groups attached to an aromatic ring is 1. The predicted octanol–water partition coefficient (Wildman–Crippen LogP) is 3.75. The van der Waals surface area contributed by atoms with Gasteiger partial charge in [-0.15, -0.1) is 0 Å². The highest BCUT2D eigenvalue weighted by atomic mass is 16.5. The topological polar surface area (TPSA) is 95.9 Å². The van der Waals surface area contributed by atoms with Crippen LogP contribution in [0.3, 0.4) is 0 Å². The van der Waals surface area contributed by atoms with Crippen molar-refractivity contribution in [1.82, 2.24) is 14.6 Å². The fourth-order valence-corrected chi connectivity index (χ4v) is 3.15. The Morgan fingerprint density at radius 2 is 1.69 bits per heavy atom. The number of nitrogens with two attached hydrogens (primary N) is 1. The van der Waals surface area contributed by atoms with Gasteiger partial charge in [0.15, 0.2) is 17.1 Å². The molecule has 0 amide bonds. The van der Waals surface area contributed by atoms with Gasteiger partial charge in [0.25, 0.3) is 0 Å². The number of benzene rings is 2. The number of fused-ring (bicyclic) bond motifs is 1. The third kappa shape index (κ3) is 3.47. The van der Waals surface area contributed by atoms with Crippen LogP contribution in [0.25, 0.3) is 16.9 Å². The first kappa shape index (κ1) is 18.4. The zero-order valence-electron chi connectivity index (χ0n) is 16.3. The van der Waals surface area contributed by atoms with E-state index in [1.54, 1.807) is 32.0 Å². The number of nitrogens with one attached hydrogen (secondary N) is 1. The van der Waals surface area contributed by atoms with Crippen molar-refractivity contribution < 1.29 is 14.2 Å². The molecule has 0 fully saturated rings. The third-order valence-corrected chi connectivity index (χ3v) is 4.48. The zero-order chi connectivity index (χ0) is 20.4. The highest BCUT2D eigenvalue weighted by Crippen LogP contribution is 2.40. The number of anilines is 3. The maximum absolute atomic E-state index is 5.94. The van der Waals surface area contributed by atoms with Crippen molar-refractivity contribution in [3.63, 3.8) is 0 Å². The Morgan fingerprint density at radius 3 is 2.34 bits per heavy atom. The molecule has 0 atom stereocenters. The van der Waals surface area contributed by atoms with Crippen LogP contribution in [0, 0.1) is 0 Å². The SMILES string of the molecule is COc1cc(Nc2cc(-c3cccc(N)c3)nc3ccnn23)cc(OC)c1OC. The first-order valence-electron chi connectivity index (χ1n) is 8.90. The Labute approximate surface area is 167 Å². The number of ether oxygens (including phenoxy) is 3. The van der Waals surface area contributed by atoms with Gasteiger partial charge in [-0.1, -0.05) is 12.1 Å². The van der Waals surface area contributed by atoms with Crippen LogP contribution in [0.15, 0.2) is 54.7 Å². The Balaban J connectivity index is 1.81. The second kappa shape index (κ2) is 7.59. The van der Waals surface area contributed by atoms with E-state index in [2.05, 4.69) is 15.4 Å². The van der Waals surface area contributed by atoms with E-state index in [1.807, 2.05) is 48.5 Å². The van der Waals surface area contributed by atoms with E-state index in [9.17, 15) is 0 Å². The molecule has 2 aromatic heterocycles. The summed E-state index contributed by atoms with van der Waals surface area (Å²) < 4.78 is 18.0. The molecule has 0 aliphatic carbocycles. The summed E-state index contributed by atoms with van der Waals surface area (Å²) in [6.45, 7) is 0. The molecule has 0 unspecified atom stereocenters. The van der Waals surface area contributed by atoms with E-state index >= 15 is 0 Å². The van der Waals surface area contributed by atoms with Gasteiger partial charge in [0.1, 0.15) is 5.82 Å². The van der Waals surface area contributed by atoms with Crippen molar-refractivity contribution in [2.75, 3.05) is 32.4 Å². The molecule has 2 heterocycles. The minimum atomic E-state index is 0.528. The van der Waals surface area contributed by atoms with E-state index in [-0.39, 0.29) is 0 Å². The van der Waals surface area contributed by atoms with Crippen LogP contribution in [-0.2, 0) is 0 Å². The molecule has 4 aromatic rings. The lowest BCUT2D eigenvalue weighted by Crippen LogP contribution is -2.03. The van der Waals surface area contributed by atoms with Crippen LogP contribution < -0.4 is 25.3 Å². The van der Waals surface area contributed by atoms with Crippen LogP contribution in [0.1, 0.15) is 0 Å². The summed E-state index contributed by atoms with van der Waals surface area (Å²) in [5.74, 6) is 2.36. The van der Waals surface area contributed by atoms with Gasteiger partial charge in [0.2, 0.25) is 5.75 Å². The highest BCUT2D eigenvalue weighted by molar-refractivity contribution is 5.73. The van der Waals surface area contributed by atoms with Gasteiger partial charge in [0, 0.05) is 41.2 Å². The predicted molar refractivity (Wildman–Crippen MR) is 112 cm³/mol. The molecule has 0 bridgehead atoms. The first-order valence-corrected chi connectivity index (χ1v) is 8.90. The lowest BCUT2D eigenvalue weighted by molar-refractivity contribution is 0.324. The number of hydrogen-bond acceptors (Lipinski definition) is 7. The summed E-state index contributed by atoms with van der Waals surface area (Å²) >= 11 is 0. The normalized spacial score (nSPS) is 10.7. The highest BCUT2D eigenvalue weighted by Gasteiger charge is 2.15. The van der Waals surface area contributed by atoms with Crippen molar-refractivity contribution in [3.8, 4) is 28.5 Å². The standard InChI is InChI=1S/C21H21N5O3/c1-27-17-10-15(11-18(28-2)21(17)29-3)24-20-12-16(13-5-4-6-14(22)9-13)25-19-7-8-23-26(19)20/h4-12,24H,22H2,1-3H3. The molecule has 8 heteroatoms. The van der Waals surface area contributed by atoms with Crippen LogP contribution in [0.5, 0.6) is 17.2 Å². The fraction of sp³-hybridized carbons (Fsp3) is 0.143. The van der Waals surface area contributed by atoms with Crippen molar-refractivity contribution >= 4 is 22.8 Å². The summed E-state index contributed by atoms with van der Waals surface area (Å²) in [6, 6.07) is 15.0. The minimum Gasteiger partial charge on any atom is -0.493 e. The Bertz CT molecular complexity index is 1150. The average molecular weight is 391 g/mol. The molecule has 29 heavy (non-hydrogen) atoms. The molecule has 148 valence electrons. The number of aromatic nitrogens is 3. The maximum atomic E-state index is 5.94. The van der Waals surface area contributed by atoms with Crippen LogP contribution >= 0.6 is 0 Å². The fourth-order valence-electron chi connectivity index (χ4n) is 3.15. The second-order valence-corrected chi connectivity index (χ2v) is 6.29. The van der Waals surface area contributed by atoms with Gasteiger partial charge in [-0.05, 0) is 12.1 Å². The summed E-state index contributed by atoms with van der Waals surface area (Å²) in [6.07, 6.45) is 1.70. The van der Waals surface area contributed by atoms with E-state index < -0.39 is 0 Å². The first-order chi connectivity index (χ1) is 14.1. The molecule has 0 spiro atoms. The van der Waals surface area contributed by atoms with Crippen LogP contribution in [0.2, 0.25) is 0 Å². The van der Waals surface area contributed by atoms with E-state index in [0.29, 0.717) is 28.6 Å². The number of rotatable bonds is 6. The summed E-state index contributed by atoms with van der Waals surface area (Å²) in [5.41, 5.74) is 9.77. The van der Waals surface area contributed by atoms with Crippen molar-refractivity contribution in [1.29, 1.82) is 0 Å². The van der Waals surface area contributed by atoms with Crippen molar-refractivity contribution in [3.05, 3.63) is 54.7 Å². The van der Waals surface area contributed by atoms with Gasteiger partial charge in [0.05, 0.1) is 33.2 Å². The monoisotopic (exact) mass is 391 g/mol. The van der Waals surface area contributed by atoms with E-state index in [0.717, 1.165) is 22.8 Å². The molecule has 0 saturated carbocycles. The van der Waals surface area contributed by atoms with Gasteiger partial charge < -0.3 is 25.3 Å². The van der Waals surface area contributed by atoms with Crippen molar-refractivity contribution in [2.45, 2.75) is 0 Å². The average Bonchev–Trinajstić information content (AvgIpc) is 3.22. The molecular weight excluding hydrogens is 370 g/mol. The molecule has 0 aliphatic heterocycles. The molecule has 4 rings (SSSR count). The summed E-state index contributed by atoms with van der Waals surface area (Å²) in [4.78, 5) is 4.68. The third-order valence-electron chi connectivity index (χ3n) is 4.48. The molecule has 0 radical (unpaired) electrons.